The second kappa shape index (κ2) is 26.6. The van der Waals surface area contributed by atoms with E-state index in [1.165, 1.54) is 149 Å². The van der Waals surface area contributed by atoms with Gasteiger partial charge in [-0.05, 0) is 272 Å². The van der Waals surface area contributed by atoms with E-state index in [4.69, 9.17) is 0 Å². The second-order valence-corrected chi connectivity index (χ2v) is 31.2. The largest absolute Gasteiger partial charge is 0.356 e. The Kier molecular flexibility index (Phi) is 16.0. The predicted molar refractivity (Wildman–Crippen MR) is 471 cm³/mol. The maximum Gasteiger partial charge on any atom is 0.0542 e. The Balaban J connectivity index is 0.000000154. The summed E-state index contributed by atoms with van der Waals surface area (Å²) >= 11 is 0. The van der Waals surface area contributed by atoms with Gasteiger partial charge in [0.15, 0.2) is 0 Å². The van der Waals surface area contributed by atoms with Gasteiger partial charge in [-0.1, -0.05) is 245 Å². The van der Waals surface area contributed by atoms with Gasteiger partial charge in [0.2, 0.25) is 0 Å². The quantitative estimate of drug-likeness (QED) is 0.132. The van der Waals surface area contributed by atoms with E-state index < -0.39 is 0 Å². The summed E-state index contributed by atoms with van der Waals surface area (Å²) in [6.45, 7) is 13.7. The molecule has 530 valence electrons. The number of aromatic nitrogens is 2. The molecule has 0 atom stereocenters. The lowest BCUT2D eigenvalue weighted by Crippen LogP contribution is -2.14. The van der Waals surface area contributed by atoms with E-state index in [9.17, 15) is 0 Å². The molecule has 21 rings (SSSR count). The van der Waals surface area contributed by atoms with E-state index in [0.29, 0.717) is 0 Å². The van der Waals surface area contributed by atoms with Crippen molar-refractivity contribution in [2.24, 2.45) is 0 Å². The molecule has 5 nitrogen and oxygen atoms in total. The first kappa shape index (κ1) is 66.7. The smallest absolute Gasteiger partial charge is 0.0542 e. The average Bonchev–Trinajstić information content (AvgIpc) is 1.61. The first-order chi connectivity index (χ1) is 54.3. The molecule has 2 aromatic heterocycles. The molecule has 17 aromatic carbocycles. The highest BCUT2D eigenvalue weighted by Crippen LogP contribution is 2.52. The van der Waals surface area contributed by atoms with Crippen molar-refractivity contribution in [2.75, 3.05) is 15.1 Å². The summed E-state index contributed by atoms with van der Waals surface area (Å²) in [4.78, 5) is 4.72. The van der Waals surface area contributed by atoms with Gasteiger partial charge in [0.05, 0.1) is 22.1 Å². The minimum atomic E-state index is -0.0595. The minimum Gasteiger partial charge on any atom is -0.356 e. The average molecular weight is 1420 g/mol. The van der Waals surface area contributed by atoms with Crippen molar-refractivity contribution in [3.63, 3.8) is 0 Å². The van der Waals surface area contributed by atoms with Gasteiger partial charge in [-0.15, -0.1) is 0 Å². The monoisotopic (exact) mass is 1420 g/mol. The summed E-state index contributed by atoms with van der Waals surface area (Å²) in [6.07, 6.45) is 0. The molecular weight excluding hydrogens is 1340 g/mol. The molecule has 5 heteroatoms. The summed E-state index contributed by atoms with van der Waals surface area (Å²) in [5, 5.41) is 13.6. The summed E-state index contributed by atoms with van der Waals surface area (Å²) in [5.41, 5.74) is 34.2. The summed E-state index contributed by atoms with van der Waals surface area (Å²) in [5.74, 6) is 0. The van der Waals surface area contributed by atoms with Gasteiger partial charge in [0, 0.05) is 89.2 Å². The maximum absolute atomic E-state index is 3.68. The second-order valence-electron chi connectivity index (χ2n) is 31.2. The van der Waals surface area contributed by atoms with E-state index in [1.807, 2.05) is 0 Å². The third-order valence-electron chi connectivity index (χ3n) is 23.6. The molecule has 0 amide bonds. The molecule has 0 aliphatic heterocycles. The summed E-state index contributed by atoms with van der Waals surface area (Å²) in [6, 6.07) is 138. The van der Waals surface area contributed by atoms with Gasteiger partial charge >= 0.3 is 0 Å². The lowest BCUT2D eigenvalue weighted by atomic mass is 9.81. The number of hydrogen-bond acceptors (Lipinski definition) is 3. The van der Waals surface area contributed by atoms with E-state index in [0.717, 1.165) is 51.2 Å². The van der Waals surface area contributed by atoms with Crippen LogP contribution in [-0.2, 0) is 10.8 Å². The predicted octanol–water partition coefficient (Wildman–Crippen LogP) is 29.1. The molecule has 2 aliphatic carbocycles. The molecule has 0 unspecified atom stereocenters. The fourth-order valence-corrected chi connectivity index (χ4v) is 17.9. The van der Waals surface area contributed by atoms with Crippen LogP contribution in [0.1, 0.15) is 61.1 Å². The Labute approximate surface area is 648 Å². The van der Waals surface area contributed by atoms with Gasteiger partial charge in [0.1, 0.15) is 0 Å². The van der Waals surface area contributed by atoms with Gasteiger partial charge in [-0.25, -0.2) is 0 Å². The molecule has 0 bridgehead atoms. The number of rotatable bonds is 12. The molecule has 0 spiro atoms. The fraction of sp³-hybridized carbons (Fsp3) is 0.0755. The van der Waals surface area contributed by atoms with Crippen LogP contribution in [0, 0.1) is 13.8 Å². The van der Waals surface area contributed by atoms with E-state index >= 15 is 0 Å². The molecule has 0 saturated carbocycles. The molecule has 0 radical (unpaired) electrons. The van der Waals surface area contributed by atoms with Crippen LogP contribution in [0.25, 0.3) is 121 Å². The molecule has 19 aromatic rings. The number of anilines is 8. The van der Waals surface area contributed by atoms with Crippen LogP contribution in [0.2, 0.25) is 0 Å². The van der Waals surface area contributed by atoms with Gasteiger partial charge in [-0.2, -0.15) is 0 Å². The van der Waals surface area contributed by atoms with Crippen molar-refractivity contribution in [1.82, 2.24) is 9.13 Å². The van der Waals surface area contributed by atoms with Crippen molar-refractivity contribution < 1.29 is 0 Å². The molecule has 0 fully saturated rings. The van der Waals surface area contributed by atoms with Crippen molar-refractivity contribution in [3.8, 4) is 55.9 Å². The van der Waals surface area contributed by atoms with Gasteiger partial charge < -0.3 is 24.3 Å². The van der Waals surface area contributed by atoms with Crippen LogP contribution in [0.3, 0.4) is 0 Å². The van der Waals surface area contributed by atoms with Crippen molar-refractivity contribution in [1.29, 1.82) is 0 Å². The standard InChI is InChI=1S/C62H47N3.C44H34N2/c1-42-22-36-60-56(38-42)57-41-53(34-37-61(57)65(60)52-29-25-43-14-10-11-15-45(43)39-52)64(51-32-30-50(31-33-51)63(47-16-6-4-7-17-47)48-18-8-5-9-19-48)49-27-23-44(24-28-49)46-26-35-55-54-20-12-13-21-58(54)62(2,3)59(55)40-46;1-28-12-22-42-38(24-28)39-27-34(19-23-43(39)46(42)35-20-15-29-8-4-5-9-31(29)25-35)45-33-17-13-30(14-18-33)32-16-21-37-36-10-6-7-11-40(36)44(2,3)41(37)26-32/h4-41H,1-3H3;4-27,45H,1-3H3. The number of nitrogens with one attached hydrogen (secondary N) is 1. The highest BCUT2D eigenvalue weighted by atomic mass is 15.2. The Morgan fingerprint density at radius 1 is 0.234 bits per heavy atom. The number of aryl methyl sites for hydroxylation is 2. The van der Waals surface area contributed by atoms with Crippen LogP contribution in [-0.4, -0.2) is 9.13 Å². The lowest BCUT2D eigenvalue weighted by molar-refractivity contribution is 0.660. The van der Waals surface area contributed by atoms with E-state index in [-0.39, 0.29) is 10.8 Å². The highest BCUT2D eigenvalue weighted by molar-refractivity contribution is 6.13. The lowest BCUT2D eigenvalue weighted by Gasteiger charge is -2.28. The van der Waals surface area contributed by atoms with Crippen LogP contribution in [0.5, 0.6) is 0 Å². The molecule has 0 saturated heterocycles. The number of hydrogen-bond donors (Lipinski definition) is 1. The number of nitrogens with zero attached hydrogens (tertiary/aromatic N) is 4. The highest BCUT2D eigenvalue weighted by Gasteiger charge is 2.37. The molecule has 111 heavy (non-hydrogen) atoms. The number of fused-ring (bicyclic) bond motifs is 14. The van der Waals surface area contributed by atoms with Crippen LogP contribution < -0.4 is 15.1 Å². The molecule has 1 N–H and O–H groups in total. The Morgan fingerprint density at radius 3 is 1.06 bits per heavy atom. The molecule has 2 heterocycles. The van der Waals surface area contributed by atoms with E-state index in [2.05, 4.69) is 442 Å². The topological polar surface area (TPSA) is 28.4 Å². The zero-order valence-electron chi connectivity index (χ0n) is 63.1. The first-order valence-electron chi connectivity index (χ1n) is 38.7. The molecular formula is C106H81N5. The SMILES string of the molecule is Cc1ccc2c(c1)c1cc(N(c3ccc(-c4ccc5c(c4)C(C)(C)c4ccccc4-5)cc3)c3ccc(N(c4ccccc4)c4ccccc4)cc3)ccc1n2-c1ccc2ccccc2c1.Cc1ccc2c(c1)c1cc(Nc3ccc(-c4ccc5c(c4)C(C)(C)c4ccccc4-5)cc3)ccc1n2-c1ccc2ccccc2c1. The van der Waals surface area contributed by atoms with E-state index in [1.54, 1.807) is 0 Å². The van der Waals surface area contributed by atoms with Crippen molar-refractivity contribution >= 4 is 111 Å². The van der Waals surface area contributed by atoms with Gasteiger partial charge in [-0.3, -0.25) is 0 Å². The van der Waals surface area contributed by atoms with Crippen molar-refractivity contribution in [3.05, 3.63) is 409 Å². The fourth-order valence-electron chi connectivity index (χ4n) is 17.9. The Morgan fingerprint density at radius 2 is 0.577 bits per heavy atom. The Hall–Kier alpha value is -13.7. The third-order valence-corrected chi connectivity index (χ3v) is 23.6. The Bertz CT molecular complexity index is 6820. The summed E-state index contributed by atoms with van der Waals surface area (Å²) < 4.78 is 4.82. The zero-order valence-corrected chi connectivity index (χ0v) is 63.1. The minimum absolute atomic E-state index is 0.00195. The van der Waals surface area contributed by atoms with Gasteiger partial charge in [0.25, 0.3) is 0 Å². The number of benzene rings is 17. The third kappa shape index (κ3) is 11.5. The maximum atomic E-state index is 3.68. The zero-order chi connectivity index (χ0) is 74.6. The number of para-hydroxylation sites is 2. The normalized spacial score (nSPS) is 12.9. The molecule has 2 aliphatic rings. The van der Waals surface area contributed by atoms with Crippen LogP contribution >= 0.6 is 0 Å². The summed E-state index contributed by atoms with van der Waals surface area (Å²) in [7, 11) is 0. The first-order valence-corrected chi connectivity index (χ1v) is 38.7. The van der Waals surface area contributed by atoms with Crippen molar-refractivity contribution in [2.45, 2.75) is 52.4 Å². The van der Waals surface area contributed by atoms with Crippen LogP contribution in [0.15, 0.2) is 376 Å². The van der Waals surface area contributed by atoms with Crippen LogP contribution in [0.4, 0.5) is 45.5 Å².